The lowest BCUT2D eigenvalue weighted by atomic mass is 10.1. The maximum atomic E-state index is 12.4. The number of nitrogens with zero attached hydrogens (tertiary/aromatic N) is 2. The van der Waals surface area contributed by atoms with Crippen LogP contribution >= 0.6 is 11.6 Å². The monoisotopic (exact) mass is 312 g/mol. The highest BCUT2D eigenvalue weighted by molar-refractivity contribution is 6.30. The van der Waals surface area contributed by atoms with Crippen molar-refractivity contribution in [2.24, 2.45) is 0 Å². The van der Waals surface area contributed by atoms with E-state index in [1.54, 1.807) is 26.1 Å². The Bertz CT molecular complexity index is 504. The molecule has 0 aliphatic carbocycles. The van der Waals surface area contributed by atoms with Gasteiger partial charge in [-0.3, -0.25) is 0 Å². The van der Waals surface area contributed by atoms with Crippen LogP contribution < -0.4 is 0 Å². The van der Waals surface area contributed by atoms with Crippen molar-refractivity contribution in [3.8, 4) is 0 Å². The summed E-state index contributed by atoms with van der Waals surface area (Å²) in [5.74, 6) is -0.999. The van der Waals surface area contributed by atoms with Crippen LogP contribution in [-0.4, -0.2) is 47.0 Å². The molecular weight excluding hydrogens is 292 g/mol. The summed E-state index contributed by atoms with van der Waals surface area (Å²) in [4.78, 5) is 26.3. The van der Waals surface area contributed by atoms with Crippen LogP contribution in [0.5, 0.6) is 0 Å². The highest BCUT2D eigenvalue weighted by Crippen LogP contribution is 2.22. The van der Waals surface area contributed by atoms with E-state index in [1.165, 1.54) is 16.8 Å². The number of amides is 2. The quantitative estimate of drug-likeness (QED) is 0.908. The Hall–Kier alpha value is -1.75. The Balaban J connectivity index is 2.86. The third-order valence-corrected chi connectivity index (χ3v) is 3.93. The Labute approximate surface area is 130 Å². The molecule has 0 saturated carbocycles. The average Bonchev–Trinajstić information content (AvgIpc) is 2.46. The molecule has 6 heteroatoms. The zero-order valence-electron chi connectivity index (χ0n) is 12.7. The predicted octanol–water partition coefficient (Wildman–Crippen LogP) is 3.25. The van der Waals surface area contributed by atoms with Gasteiger partial charge in [-0.05, 0) is 31.0 Å². The number of hydrogen-bond donors (Lipinski definition) is 1. The van der Waals surface area contributed by atoms with Gasteiger partial charge in [-0.2, -0.15) is 0 Å². The van der Waals surface area contributed by atoms with Gasteiger partial charge < -0.3 is 14.9 Å². The Kier molecular flexibility index (Phi) is 6.03. The van der Waals surface area contributed by atoms with E-state index in [-0.39, 0.29) is 12.1 Å². The molecule has 0 aliphatic rings. The maximum absolute atomic E-state index is 12.4. The predicted molar refractivity (Wildman–Crippen MR) is 82.5 cm³/mol. The molecule has 0 heterocycles. The summed E-state index contributed by atoms with van der Waals surface area (Å²) in [6.07, 6.45) is 0.362. The molecule has 116 valence electrons. The molecule has 21 heavy (non-hydrogen) atoms. The molecule has 1 rings (SSSR count). The Morgan fingerprint density at radius 2 is 1.71 bits per heavy atom. The van der Waals surface area contributed by atoms with E-state index in [0.717, 1.165) is 5.56 Å². The third kappa shape index (κ3) is 4.11. The van der Waals surface area contributed by atoms with E-state index >= 15 is 0 Å². The summed E-state index contributed by atoms with van der Waals surface area (Å²) < 4.78 is 0. The molecule has 0 fully saturated rings. The zero-order valence-corrected chi connectivity index (χ0v) is 13.5. The van der Waals surface area contributed by atoms with Gasteiger partial charge in [0.15, 0.2) is 0 Å². The molecule has 1 aromatic rings. The van der Waals surface area contributed by atoms with Gasteiger partial charge in [0.1, 0.15) is 6.04 Å². The van der Waals surface area contributed by atoms with Crippen LogP contribution in [-0.2, 0) is 4.79 Å². The molecule has 0 bridgehead atoms. The highest BCUT2D eigenvalue weighted by atomic mass is 35.5. The minimum absolute atomic E-state index is 0.177. The maximum Gasteiger partial charge on any atom is 0.326 e. The van der Waals surface area contributed by atoms with E-state index in [9.17, 15) is 9.59 Å². The first-order valence-corrected chi connectivity index (χ1v) is 7.15. The summed E-state index contributed by atoms with van der Waals surface area (Å²) in [6.45, 7) is 3.63. The number of urea groups is 1. The number of carbonyl (C=O) groups excluding carboxylic acids is 1. The van der Waals surface area contributed by atoms with Crippen LogP contribution in [0.4, 0.5) is 4.79 Å². The van der Waals surface area contributed by atoms with Crippen molar-refractivity contribution >= 4 is 23.6 Å². The lowest BCUT2D eigenvalue weighted by Gasteiger charge is -2.32. The van der Waals surface area contributed by atoms with Crippen molar-refractivity contribution in [3.05, 3.63) is 34.9 Å². The molecule has 0 aromatic heterocycles. The number of hydrogen-bond acceptors (Lipinski definition) is 2. The summed E-state index contributed by atoms with van der Waals surface area (Å²) in [5, 5.41) is 9.77. The van der Waals surface area contributed by atoms with Gasteiger partial charge in [0, 0.05) is 19.1 Å². The second-order valence-corrected chi connectivity index (χ2v) is 5.43. The normalized spacial score (nSPS) is 13.4. The number of carboxylic acids is 1. The number of likely N-dealkylation sites (N-methyl/N-ethyl adjacent to an activating group) is 1. The third-order valence-electron chi connectivity index (χ3n) is 3.68. The van der Waals surface area contributed by atoms with Crippen LogP contribution in [0, 0.1) is 0 Å². The second kappa shape index (κ2) is 7.31. The van der Waals surface area contributed by atoms with Gasteiger partial charge in [0.25, 0.3) is 0 Å². The summed E-state index contributed by atoms with van der Waals surface area (Å²) >= 11 is 5.85. The summed E-state index contributed by atoms with van der Waals surface area (Å²) in [7, 11) is 3.17. The fourth-order valence-electron chi connectivity index (χ4n) is 2.13. The van der Waals surface area contributed by atoms with Crippen molar-refractivity contribution in [1.29, 1.82) is 0 Å². The molecule has 1 N–H and O–H groups in total. The Morgan fingerprint density at radius 3 is 2.14 bits per heavy atom. The van der Waals surface area contributed by atoms with Crippen LogP contribution in [0.2, 0.25) is 5.02 Å². The number of carboxylic acid groups (broad SMARTS) is 1. The minimum atomic E-state index is -0.999. The van der Waals surface area contributed by atoms with Gasteiger partial charge in [0.05, 0.1) is 6.04 Å². The number of aliphatic carboxylic acids is 1. The van der Waals surface area contributed by atoms with E-state index in [0.29, 0.717) is 11.4 Å². The minimum Gasteiger partial charge on any atom is -0.480 e. The molecule has 0 spiro atoms. The van der Waals surface area contributed by atoms with Gasteiger partial charge >= 0.3 is 12.0 Å². The fourth-order valence-corrected chi connectivity index (χ4v) is 2.25. The number of halogens is 1. The Morgan fingerprint density at radius 1 is 1.19 bits per heavy atom. The van der Waals surface area contributed by atoms with E-state index < -0.39 is 12.0 Å². The van der Waals surface area contributed by atoms with E-state index in [1.807, 2.05) is 19.1 Å². The van der Waals surface area contributed by atoms with Gasteiger partial charge in [0.2, 0.25) is 0 Å². The number of carbonyl (C=O) groups is 2. The van der Waals surface area contributed by atoms with Crippen LogP contribution in [0.15, 0.2) is 24.3 Å². The molecule has 5 nitrogen and oxygen atoms in total. The first kappa shape index (κ1) is 17.3. The van der Waals surface area contributed by atoms with Crippen LogP contribution in [0.3, 0.4) is 0 Å². The molecule has 0 saturated heterocycles. The summed E-state index contributed by atoms with van der Waals surface area (Å²) in [6, 6.07) is 5.91. The van der Waals surface area contributed by atoms with Crippen molar-refractivity contribution in [2.75, 3.05) is 14.1 Å². The standard InChI is InChI=1S/C15H21ClN2O3/c1-5-13(14(19)20)18(4)15(21)17(3)10(2)11-6-8-12(16)9-7-11/h6-10,13H,5H2,1-4H3,(H,19,20). The largest absolute Gasteiger partial charge is 0.480 e. The SMILES string of the molecule is CCC(C(=O)O)N(C)C(=O)N(C)C(C)c1ccc(Cl)cc1. The number of benzene rings is 1. The number of rotatable bonds is 5. The molecule has 2 amide bonds. The summed E-state index contributed by atoms with van der Waals surface area (Å²) in [5.41, 5.74) is 0.937. The van der Waals surface area contributed by atoms with Gasteiger partial charge in [-0.1, -0.05) is 30.7 Å². The van der Waals surface area contributed by atoms with Gasteiger partial charge in [-0.25, -0.2) is 9.59 Å². The van der Waals surface area contributed by atoms with Crippen molar-refractivity contribution < 1.29 is 14.7 Å². The second-order valence-electron chi connectivity index (χ2n) is 4.99. The highest BCUT2D eigenvalue weighted by Gasteiger charge is 2.28. The zero-order chi connectivity index (χ0) is 16.2. The molecule has 2 atom stereocenters. The molecule has 1 aromatic carbocycles. The smallest absolute Gasteiger partial charge is 0.326 e. The lowest BCUT2D eigenvalue weighted by molar-refractivity contribution is -0.142. The van der Waals surface area contributed by atoms with Gasteiger partial charge in [-0.15, -0.1) is 0 Å². The molecule has 2 unspecified atom stereocenters. The van der Waals surface area contributed by atoms with Crippen molar-refractivity contribution in [1.82, 2.24) is 9.80 Å². The average molecular weight is 313 g/mol. The topological polar surface area (TPSA) is 60.9 Å². The van der Waals surface area contributed by atoms with Crippen molar-refractivity contribution in [3.63, 3.8) is 0 Å². The van der Waals surface area contributed by atoms with E-state index in [4.69, 9.17) is 16.7 Å². The molecular formula is C15H21ClN2O3. The van der Waals surface area contributed by atoms with Crippen molar-refractivity contribution in [2.45, 2.75) is 32.4 Å². The molecule has 0 aliphatic heterocycles. The lowest BCUT2D eigenvalue weighted by Crippen LogP contribution is -2.48. The van der Waals surface area contributed by atoms with Crippen LogP contribution in [0.1, 0.15) is 31.9 Å². The van der Waals surface area contributed by atoms with Crippen LogP contribution in [0.25, 0.3) is 0 Å². The first-order valence-electron chi connectivity index (χ1n) is 6.77. The molecule has 0 radical (unpaired) electrons. The first-order chi connectivity index (χ1) is 9.79. The van der Waals surface area contributed by atoms with E-state index in [2.05, 4.69) is 0 Å². The fraction of sp³-hybridized carbons (Fsp3) is 0.467.